The van der Waals surface area contributed by atoms with E-state index in [1.165, 1.54) is 12.1 Å². The number of hydrogen-bond acceptors (Lipinski definition) is 10. The van der Waals surface area contributed by atoms with E-state index >= 15 is 4.39 Å². The first-order chi connectivity index (χ1) is 22.7. The molecule has 14 heteroatoms. The fourth-order valence-corrected chi connectivity index (χ4v) is 9.19. The Morgan fingerprint density at radius 3 is 2.85 bits per heavy atom. The number of thiophene rings is 1. The van der Waals surface area contributed by atoms with Crippen molar-refractivity contribution in [2.24, 2.45) is 11.8 Å². The Balaban J connectivity index is 1.34. The molecule has 2 aromatic carbocycles. The summed E-state index contributed by atoms with van der Waals surface area (Å²) in [6.07, 6.45) is 1.82. The Hall–Kier alpha value is -4.04. The summed E-state index contributed by atoms with van der Waals surface area (Å²) < 4.78 is 59.2. The van der Waals surface area contributed by atoms with Crippen LogP contribution in [0.25, 0.3) is 32.1 Å². The maximum absolute atomic E-state index is 17.1. The molecule has 5 atom stereocenters. The minimum absolute atomic E-state index is 0.0221. The van der Waals surface area contributed by atoms with Gasteiger partial charge in [-0.3, -0.25) is 4.90 Å². The van der Waals surface area contributed by atoms with Crippen LogP contribution in [0, 0.1) is 46.1 Å². The molecule has 0 spiro atoms. The highest BCUT2D eigenvalue weighted by Gasteiger charge is 2.50. The number of halogens is 4. The minimum atomic E-state index is -0.956. The number of ether oxygens (including phenoxy) is 2. The van der Waals surface area contributed by atoms with Gasteiger partial charge >= 0.3 is 6.01 Å². The maximum atomic E-state index is 17.1. The molecule has 3 unspecified atom stereocenters. The third-order valence-corrected chi connectivity index (χ3v) is 11.7. The van der Waals surface area contributed by atoms with Crippen molar-refractivity contribution in [2.45, 2.75) is 50.4 Å². The average molecular weight is 680 g/mol. The molecule has 3 aliphatic heterocycles. The van der Waals surface area contributed by atoms with Crippen LogP contribution >= 0.6 is 22.9 Å². The third kappa shape index (κ3) is 4.58. The van der Waals surface area contributed by atoms with Gasteiger partial charge in [-0.05, 0) is 50.3 Å². The molecule has 8 rings (SSSR count). The summed E-state index contributed by atoms with van der Waals surface area (Å²) >= 11 is 7.90. The molecule has 5 heterocycles. The van der Waals surface area contributed by atoms with Gasteiger partial charge in [0.25, 0.3) is 0 Å². The molecule has 0 bridgehead atoms. The van der Waals surface area contributed by atoms with Crippen LogP contribution in [0.2, 0.25) is 5.02 Å². The van der Waals surface area contributed by atoms with Crippen LogP contribution in [0.15, 0.2) is 12.1 Å². The number of rotatable bonds is 6. The van der Waals surface area contributed by atoms with Gasteiger partial charge in [0.1, 0.15) is 47.6 Å². The Labute approximate surface area is 277 Å². The van der Waals surface area contributed by atoms with Gasteiger partial charge in [0.05, 0.1) is 44.7 Å². The lowest BCUT2D eigenvalue weighted by molar-refractivity contribution is 0.107. The molecule has 9 nitrogen and oxygen atoms in total. The van der Waals surface area contributed by atoms with Crippen LogP contribution < -0.4 is 20.1 Å². The largest absolute Gasteiger partial charge is 0.489 e. The topological polar surface area (TPSA) is 124 Å². The summed E-state index contributed by atoms with van der Waals surface area (Å²) in [5, 5.41) is 19.9. The molecular formula is C33H29ClF3N7O2S. The van der Waals surface area contributed by atoms with Crippen LogP contribution in [-0.2, 0) is 0 Å². The number of nitrogens with zero attached hydrogens (tertiary/aromatic N) is 6. The van der Waals surface area contributed by atoms with Crippen molar-refractivity contribution in [2.75, 3.05) is 43.5 Å². The molecule has 4 aliphatic rings. The van der Waals surface area contributed by atoms with Gasteiger partial charge < -0.3 is 20.1 Å². The van der Waals surface area contributed by atoms with E-state index in [0.717, 1.165) is 37.1 Å². The normalized spacial score (nSPS) is 25.7. The summed E-state index contributed by atoms with van der Waals surface area (Å²) in [5.74, 6) is -0.926. The van der Waals surface area contributed by atoms with Gasteiger partial charge in [0.2, 0.25) is 0 Å². The van der Waals surface area contributed by atoms with Crippen LogP contribution in [0.3, 0.4) is 0 Å². The minimum Gasteiger partial charge on any atom is -0.489 e. The number of nitriles is 2. The van der Waals surface area contributed by atoms with Gasteiger partial charge in [-0.1, -0.05) is 17.7 Å². The molecule has 1 aliphatic carbocycles. The molecule has 4 aromatic rings. The SMILES string of the molecule is CC(C1CC1C#N)N1CCOc2c(Cl)c(-c3ccc(F)c4sc(N)c(C#N)c34)c(F)c3nc(OC[C@@]45CCCN4C[C@H](F)C5)nc1c23. The van der Waals surface area contributed by atoms with Crippen molar-refractivity contribution < 1.29 is 22.6 Å². The second-order valence-electron chi connectivity index (χ2n) is 12.9. The third-order valence-electron chi connectivity index (χ3n) is 10.3. The van der Waals surface area contributed by atoms with E-state index in [0.29, 0.717) is 25.3 Å². The van der Waals surface area contributed by atoms with E-state index in [1.54, 1.807) is 0 Å². The highest BCUT2D eigenvalue weighted by Crippen LogP contribution is 2.52. The van der Waals surface area contributed by atoms with Gasteiger partial charge in [-0.15, -0.1) is 11.3 Å². The second-order valence-corrected chi connectivity index (χ2v) is 14.3. The number of anilines is 2. The first-order valence-corrected chi connectivity index (χ1v) is 16.8. The monoisotopic (exact) mass is 679 g/mol. The number of aromatic nitrogens is 2. The molecule has 0 amide bonds. The van der Waals surface area contributed by atoms with E-state index in [9.17, 15) is 19.3 Å². The van der Waals surface area contributed by atoms with Gasteiger partial charge in [0.15, 0.2) is 11.6 Å². The van der Waals surface area contributed by atoms with E-state index in [2.05, 4.69) is 16.0 Å². The molecule has 2 aromatic heterocycles. The number of fused-ring (bicyclic) bond motifs is 2. The molecule has 1 saturated carbocycles. The Morgan fingerprint density at radius 2 is 2.09 bits per heavy atom. The zero-order valence-electron chi connectivity index (χ0n) is 25.3. The number of nitrogen functional groups attached to an aromatic ring is 1. The van der Waals surface area contributed by atoms with Crippen LogP contribution in [0.1, 0.15) is 38.2 Å². The molecule has 242 valence electrons. The van der Waals surface area contributed by atoms with Crippen molar-refractivity contribution in [1.82, 2.24) is 14.9 Å². The molecule has 2 saturated heterocycles. The van der Waals surface area contributed by atoms with Gasteiger partial charge in [-0.25, -0.2) is 13.2 Å². The van der Waals surface area contributed by atoms with Crippen molar-refractivity contribution in [1.29, 1.82) is 10.5 Å². The zero-order chi connectivity index (χ0) is 32.8. The van der Waals surface area contributed by atoms with E-state index in [4.69, 9.17) is 31.8 Å². The lowest BCUT2D eigenvalue weighted by atomic mass is 9.95. The zero-order valence-corrected chi connectivity index (χ0v) is 26.9. The average Bonchev–Trinajstić information content (AvgIpc) is 3.57. The van der Waals surface area contributed by atoms with Crippen LogP contribution in [0.5, 0.6) is 11.8 Å². The Kier molecular flexibility index (Phi) is 7.10. The predicted octanol–water partition coefficient (Wildman–Crippen LogP) is 6.60. The number of nitrogens with two attached hydrogens (primary N) is 1. The fraction of sp³-hybridized carbons (Fsp3) is 0.455. The van der Waals surface area contributed by atoms with E-state index in [-0.39, 0.29) is 90.6 Å². The molecule has 0 radical (unpaired) electrons. The van der Waals surface area contributed by atoms with Crippen molar-refractivity contribution in [3.63, 3.8) is 0 Å². The first kappa shape index (κ1) is 30.3. The van der Waals surface area contributed by atoms with Crippen LogP contribution in [0.4, 0.5) is 24.0 Å². The summed E-state index contributed by atoms with van der Waals surface area (Å²) in [6, 6.07) is 6.69. The van der Waals surface area contributed by atoms with Crippen molar-refractivity contribution >= 4 is 54.7 Å². The first-order valence-electron chi connectivity index (χ1n) is 15.6. The predicted molar refractivity (Wildman–Crippen MR) is 172 cm³/mol. The summed E-state index contributed by atoms with van der Waals surface area (Å²) in [4.78, 5) is 13.5. The van der Waals surface area contributed by atoms with Gasteiger partial charge in [0, 0.05) is 30.0 Å². The number of alkyl halides is 1. The Bertz CT molecular complexity index is 2060. The summed E-state index contributed by atoms with van der Waals surface area (Å²) in [5.41, 5.74) is 5.54. The molecule has 3 fully saturated rings. The number of hydrogen-bond donors (Lipinski definition) is 1. The number of benzene rings is 2. The summed E-state index contributed by atoms with van der Waals surface area (Å²) in [7, 11) is 0. The summed E-state index contributed by atoms with van der Waals surface area (Å²) in [6.45, 7) is 3.80. The highest BCUT2D eigenvalue weighted by molar-refractivity contribution is 7.23. The van der Waals surface area contributed by atoms with Gasteiger partial charge in [-0.2, -0.15) is 20.5 Å². The quantitative estimate of drug-likeness (QED) is 0.240. The lowest BCUT2D eigenvalue weighted by Gasteiger charge is -2.32. The van der Waals surface area contributed by atoms with E-state index < -0.39 is 23.3 Å². The second kappa shape index (κ2) is 11.0. The molecule has 47 heavy (non-hydrogen) atoms. The highest BCUT2D eigenvalue weighted by atomic mass is 35.5. The fourth-order valence-electron chi connectivity index (χ4n) is 7.91. The smallest absolute Gasteiger partial charge is 0.319 e. The van der Waals surface area contributed by atoms with E-state index in [1.807, 2.05) is 17.9 Å². The van der Waals surface area contributed by atoms with Crippen LogP contribution in [-0.4, -0.2) is 65.5 Å². The van der Waals surface area contributed by atoms with Crippen molar-refractivity contribution in [3.05, 3.63) is 34.4 Å². The Morgan fingerprint density at radius 1 is 1.26 bits per heavy atom. The standard InChI is InChI=1S/C33H29ClF3N7O2S/c1-15(19-9-16(19)11-38)44-7-8-45-28-24-27(41-32(42-31(24)44)46-14-33-5-2-6-43(33)13-17(35)10-33)26(37)23(25(28)34)18-3-4-21(36)29-22(18)20(12-39)30(40)47-29/h3-4,15-17,19H,2,5-10,13-14,40H2,1H3/t15?,16?,17-,19?,33+/m1/s1. The van der Waals surface area contributed by atoms with Crippen molar-refractivity contribution in [3.8, 4) is 35.0 Å². The molecule has 2 N–H and O–H groups in total. The maximum Gasteiger partial charge on any atom is 0.319 e. The molecular weight excluding hydrogens is 651 g/mol. The lowest BCUT2D eigenvalue weighted by Crippen LogP contribution is -2.43.